The molecule has 156 valence electrons. The van der Waals surface area contributed by atoms with Gasteiger partial charge in [-0.15, -0.1) is 0 Å². The molecule has 0 bridgehead atoms. The molecule has 1 heterocycles. The van der Waals surface area contributed by atoms with Gasteiger partial charge in [-0.1, -0.05) is 28.1 Å². The topological polar surface area (TPSA) is 98.8 Å². The molecule has 1 fully saturated rings. The lowest BCUT2D eigenvalue weighted by Gasteiger charge is -2.22. The van der Waals surface area contributed by atoms with E-state index in [4.69, 9.17) is 0 Å². The summed E-state index contributed by atoms with van der Waals surface area (Å²) >= 11 is 3.34. The van der Waals surface area contributed by atoms with Crippen LogP contribution in [-0.2, 0) is 15.1 Å². The third kappa shape index (κ3) is 4.20. The van der Waals surface area contributed by atoms with Gasteiger partial charge in [0.15, 0.2) is 0 Å². The van der Waals surface area contributed by atoms with Gasteiger partial charge < -0.3 is 15.5 Å². The normalized spacial score (nSPS) is 18.2. The fourth-order valence-electron chi connectivity index (χ4n) is 3.12. The molecule has 9 heteroatoms. The number of rotatable bonds is 5. The van der Waals surface area contributed by atoms with Gasteiger partial charge in [-0.05, 0) is 48.9 Å². The number of hydrogen-bond donors (Lipinski definition) is 2. The summed E-state index contributed by atoms with van der Waals surface area (Å²) in [5.74, 6) is -1.18. The molecule has 0 aromatic heterocycles. The van der Waals surface area contributed by atoms with E-state index >= 15 is 0 Å². The maximum atomic E-state index is 12.9. The van der Waals surface area contributed by atoms with Crippen molar-refractivity contribution < 1.29 is 19.2 Å². The first-order valence-corrected chi connectivity index (χ1v) is 9.93. The molecule has 0 unspecified atom stereocenters. The van der Waals surface area contributed by atoms with Gasteiger partial charge in [0.25, 0.3) is 11.8 Å². The van der Waals surface area contributed by atoms with E-state index < -0.39 is 29.9 Å². The number of carbonyl (C=O) groups is 4. The molecule has 8 nitrogen and oxygen atoms in total. The fourth-order valence-corrected chi connectivity index (χ4v) is 3.38. The van der Waals surface area contributed by atoms with Crippen molar-refractivity contribution in [3.8, 4) is 0 Å². The molecule has 0 radical (unpaired) electrons. The minimum Gasteiger partial charge on any atom is -0.345 e. The van der Waals surface area contributed by atoms with Crippen LogP contribution >= 0.6 is 15.9 Å². The molecule has 30 heavy (non-hydrogen) atoms. The smallest absolute Gasteiger partial charge is 0.325 e. The maximum Gasteiger partial charge on any atom is 0.325 e. The highest BCUT2D eigenvalue weighted by Gasteiger charge is 2.49. The molecular formula is C21H21BrN4O4. The number of amides is 5. The number of nitrogens with one attached hydrogen (secondary N) is 2. The van der Waals surface area contributed by atoms with E-state index in [1.807, 2.05) is 0 Å². The number of hydrogen-bond acceptors (Lipinski definition) is 4. The summed E-state index contributed by atoms with van der Waals surface area (Å²) in [7, 11) is 3.30. The van der Waals surface area contributed by atoms with E-state index in [2.05, 4.69) is 26.6 Å². The van der Waals surface area contributed by atoms with Gasteiger partial charge in [-0.25, -0.2) is 4.79 Å². The van der Waals surface area contributed by atoms with Crippen molar-refractivity contribution in [1.82, 2.24) is 15.1 Å². The Kier molecular flexibility index (Phi) is 5.93. The number of carbonyl (C=O) groups excluding carboxylic acids is 4. The first-order chi connectivity index (χ1) is 14.1. The maximum absolute atomic E-state index is 12.9. The number of nitrogens with zero attached hydrogens (tertiary/aromatic N) is 2. The Balaban J connectivity index is 1.68. The Hall–Kier alpha value is -3.20. The van der Waals surface area contributed by atoms with E-state index in [0.29, 0.717) is 16.8 Å². The second-order valence-corrected chi connectivity index (χ2v) is 8.19. The van der Waals surface area contributed by atoms with Crippen LogP contribution < -0.4 is 10.6 Å². The summed E-state index contributed by atoms with van der Waals surface area (Å²) < 4.78 is 0.848. The molecule has 1 atom stereocenters. The summed E-state index contributed by atoms with van der Waals surface area (Å²) in [4.78, 5) is 52.0. The molecule has 2 N–H and O–H groups in total. The summed E-state index contributed by atoms with van der Waals surface area (Å²) in [6.45, 7) is 1.18. The molecule has 2 aromatic carbocycles. The number of imide groups is 1. The van der Waals surface area contributed by atoms with Gasteiger partial charge in [-0.3, -0.25) is 19.3 Å². The summed E-state index contributed by atoms with van der Waals surface area (Å²) in [6, 6.07) is 12.8. The van der Waals surface area contributed by atoms with Crippen LogP contribution in [0.2, 0.25) is 0 Å². The van der Waals surface area contributed by atoms with Crippen LogP contribution in [0, 0.1) is 0 Å². The predicted octanol–water partition coefficient (Wildman–Crippen LogP) is 2.56. The lowest BCUT2D eigenvalue weighted by molar-refractivity contribution is -0.133. The highest BCUT2D eigenvalue weighted by molar-refractivity contribution is 9.10. The Morgan fingerprint density at radius 1 is 1.07 bits per heavy atom. The van der Waals surface area contributed by atoms with Gasteiger partial charge in [0, 0.05) is 29.8 Å². The molecule has 2 aromatic rings. The van der Waals surface area contributed by atoms with Crippen molar-refractivity contribution in [2.75, 3.05) is 26.0 Å². The van der Waals surface area contributed by atoms with E-state index in [1.165, 1.54) is 4.90 Å². The third-order valence-corrected chi connectivity index (χ3v) is 5.35. The quantitative estimate of drug-likeness (QED) is 0.653. The summed E-state index contributed by atoms with van der Waals surface area (Å²) in [5, 5.41) is 5.30. The third-order valence-electron chi connectivity index (χ3n) is 4.82. The molecule has 0 saturated carbocycles. The molecule has 1 saturated heterocycles. The fraction of sp³-hybridized carbons (Fsp3) is 0.238. The summed E-state index contributed by atoms with van der Waals surface area (Å²) in [6.07, 6.45) is 0. The number of anilines is 1. The van der Waals surface area contributed by atoms with E-state index in [0.717, 1.165) is 9.37 Å². The zero-order valence-corrected chi connectivity index (χ0v) is 18.3. The molecule has 5 amide bonds. The van der Waals surface area contributed by atoms with Gasteiger partial charge >= 0.3 is 6.03 Å². The second kappa shape index (κ2) is 8.27. The number of urea groups is 1. The highest BCUT2D eigenvalue weighted by Crippen LogP contribution is 2.29. The number of halogens is 1. The molecule has 1 aliphatic heterocycles. The minimum atomic E-state index is -1.24. The predicted molar refractivity (Wildman–Crippen MR) is 115 cm³/mol. The van der Waals surface area contributed by atoms with Crippen LogP contribution in [0.5, 0.6) is 0 Å². The SMILES string of the molecule is CN(C)C(=O)c1ccc(NC(=O)CN2C(=O)N[C@](C)(c3ccc(Br)cc3)C2=O)cc1. The van der Waals surface area contributed by atoms with Crippen molar-refractivity contribution in [1.29, 1.82) is 0 Å². The van der Waals surface area contributed by atoms with Crippen LogP contribution in [0.15, 0.2) is 53.0 Å². The van der Waals surface area contributed by atoms with Crippen molar-refractivity contribution in [2.45, 2.75) is 12.5 Å². The molecule has 0 aliphatic carbocycles. The zero-order valence-electron chi connectivity index (χ0n) is 16.7. The van der Waals surface area contributed by atoms with Gasteiger partial charge in [0.1, 0.15) is 12.1 Å². The highest BCUT2D eigenvalue weighted by atomic mass is 79.9. The molecule has 3 rings (SSSR count). The Morgan fingerprint density at radius 3 is 2.23 bits per heavy atom. The average molecular weight is 473 g/mol. The Bertz CT molecular complexity index is 1000. The zero-order chi connectivity index (χ0) is 22.1. The first-order valence-electron chi connectivity index (χ1n) is 9.13. The van der Waals surface area contributed by atoms with Gasteiger partial charge in [0.2, 0.25) is 5.91 Å². The molecule has 1 aliphatic rings. The van der Waals surface area contributed by atoms with Crippen LogP contribution in [0.1, 0.15) is 22.8 Å². The Morgan fingerprint density at radius 2 is 1.67 bits per heavy atom. The number of benzene rings is 2. The monoisotopic (exact) mass is 472 g/mol. The lowest BCUT2D eigenvalue weighted by Crippen LogP contribution is -2.42. The van der Waals surface area contributed by atoms with Crippen LogP contribution in [0.3, 0.4) is 0 Å². The van der Waals surface area contributed by atoms with Crippen LogP contribution in [0.4, 0.5) is 10.5 Å². The van der Waals surface area contributed by atoms with Gasteiger partial charge in [-0.2, -0.15) is 0 Å². The van der Waals surface area contributed by atoms with Crippen molar-refractivity contribution >= 4 is 45.4 Å². The standard InChI is InChI=1S/C21H21BrN4O4/c1-21(14-6-8-15(22)9-7-14)19(29)26(20(30)24-21)12-17(27)23-16-10-4-13(5-11-16)18(28)25(2)3/h4-11H,12H2,1-3H3,(H,23,27)(H,24,30)/t21-/m1/s1. The van der Waals surface area contributed by atoms with Crippen molar-refractivity contribution in [3.63, 3.8) is 0 Å². The second-order valence-electron chi connectivity index (χ2n) is 7.28. The molecule has 0 spiro atoms. The largest absolute Gasteiger partial charge is 0.345 e. The van der Waals surface area contributed by atoms with E-state index in [1.54, 1.807) is 69.6 Å². The van der Waals surface area contributed by atoms with Crippen molar-refractivity contribution in [2.24, 2.45) is 0 Å². The van der Waals surface area contributed by atoms with Gasteiger partial charge in [0.05, 0.1) is 0 Å². The average Bonchev–Trinajstić information content (AvgIpc) is 2.92. The first kappa shape index (κ1) is 21.5. The lowest BCUT2D eigenvalue weighted by atomic mass is 9.92. The minimum absolute atomic E-state index is 0.153. The van der Waals surface area contributed by atoms with Crippen LogP contribution in [-0.4, -0.2) is 54.2 Å². The Labute approximate surface area is 182 Å². The van der Waals surface area contributed by atoms with Crippen LogP contribution in [0.25, 0.3) is 0 Å². The van der Waals surface area contributed by atoms with Crippen molar-refractivity contribution in [3.05, 3.63) is 64.1 Å². The molecular weight excluding hydrogens is 452 g/mol. The summed E-state index contributed by atoms with van der Waals surface area (Å²) in [5.41, 5.74) is 0.315. The van der Waals surface area contributed by atoms with E-state index in [-0.39, 0.29) is 5.91 Å². The van der Waals surface area contributed by atoms with E-state index in [9.17, 15) is 19.2 Å².